The summed E-state index contributed by atoms with van der Waals surface area (Å²) in [5.41, 5.74) is -6.18. The summed E-state index contributed by atoms with van der Waals surface area (Å²) in [7, 11) is -3.14. The van der Waals surface area contributed by atoms with Gasteiger partial charge in [0.05, 0.1) is 25.1 Å². The van der Waals surface area contributed by atoms with Crippen LogP contribution in [0.15, 0.2) is 87.5 Å². The van der Waals surface area contributed by atoms with Crippen LogP contribution in [-0.4, -0.2) is 50.9 Å². The van der Waals surface area contributed by atoms with E-state index in [1.807, 2.05) is 69.3 Å². The van der Waals surface area contributed by atoms with E-state index in [0.29, 0.717) is 5.75 Å². The third-order valence-corrected chi connectivity index (χ3v) is 7.43. The fraction of sp³-hybridized carbons (Fsp3) is 0.296. The first-order valence-electron chi connectivity index (χ1n) is 11.5. The van der Waals surface area contributed by atoms with Crippen LogP contribution in [0.3, 0.4) is 0 Å². The molecule has 0 bridgehead atoms. The molecule has 0 atom stereocenters. The largest absolute Gasteiger partial charge is 0.741 e. The average molecular weight is 603 g/mol. The molecule has 0 fully saturated rings. The van der Waals surface area contributed by atoms with Crippen molar-refractivity contribution in [2.45, 2.75) is 46.6 Å². The Morgan fingerprint density at radius 1 is 0.800 bits per heavy atom. The lowest BCUT2D eigenvalue weighted by Crippen LogP contribution is -2.27. The van der Waals surface area contributed by atoms with Gasteiger partial charge in [-0.15, -0.1) is 0 Å². The van der Waals surface area contributed by atoms with Crippen LogP contribution in [0.1, 0.15) is 20.8 Å². The highest BCUT2D eigenvalue weighted by Gasteiger charge is 2.37. The summed E-state index contributed by atoms with van der Waals surface area (Å²) in [4.78, 5) is 15.3. The van der Waals surface area contributed by atoms with Crippen molar-refractivity contribution >= 4 is 27.0 Å². The van der Waals surface area contributed by atoms with Gasteiger partial charge in [0.15, 0.2) is 31.4 Å². The Balaban J connectivity index is 0.000000611. The minimum atomic E-state index is -6.09. The molecule has 0 aliphatic carbocycles. The molecular formula is C27H29F3O8S2. The number of benzene rings is 3. The zero-order valence-electron chi connectivity index (χ0n) is 22.4. The summed E-state index contributed by atoms with van der Waals surface area (Å²) < 4.78 is 80.7. The van der Waals surface area contributed by atoms with Crippen LogP contribution in [0, 0.1) is 0 Å². The standard InChI is InChI=1S/C26H29O5S.CHF3O3S/c1-26(2,3)31-25(27)18-30-19-12-14-22(15-13-19)32(23-10-6-8-20(16-23)28-4)24-11-7-9-21(17-24)29-5;2-1(3,4)8(5,6)7/h6-17H,18H2,1-5H3;(H,5,6,7)/q+1;/p-1. The molecule has 0 unspecified atom stereocenters. The zero-order chi connectivity index (χ0) is 30.1. The van der Waals surface area contributed by atoms with E-state index in [4.69, 9.17) is 31.9 Å². The molecule has 8 nitrogen and oxygen atoms in total. The van der Waals surface area contributed by atoms with Gasteiger partial charge in [-0.1, -0.05) is 12.1 Å². The molecule has 0 aliphatic heterocycles. The third kappa shape index (κ3) is 10.3. The Kier molecular flexibility index (Phi) is 11.3. The number of rotatable bonds is 8. The molecule has 3 aromatic carbocycles. The van der Waals surface area contributed by atoms with Crippen molar-refractivity contribution in [2.75, 3.05) is 20.8 Å². The summed E-state index contributed by atoms with van der Waals surface area (Å²) in [5, 5.41) is 0. The van der Waals surface area contributed by atoms with Gasteiger partial charge in [0.25, 0.3) is 0 Å². The van der Waals surface area contributed by atoms with Gasteiger partial charge in [0, 0.05) is 12.1 Å². The number of carbonyl (C=O) groups excluding carboxylic acids is 1. The summed E-state index contributed by atoms with van der Waals surface area (Å²) in [6, 6.07) is 23.9. The van der Waals surface area contributed by atoms with Crippen LogP contribution >= 0.6 is 0 Å². The minimum absolute atomic E-state index is 0.131. The fourth-order valence-corrected chi connectivity index (χ4v) is 5.17. The number of hydrogen-bond acceptors (Lipinski definition) is 8. The summed E-state index contributed by atoms with van der Waals surface area (Å²) in [6.07, 6.45) is 0. The smallest absolute Gasteiger partial charge is 0.485 e. The Hall–Kier alpha value is -3.42. The molecule has 0 amide bonds. The molecular weight excluding hydrogens is 573 g/mol. The van der Waals surface area contributed by atoms with Gasteiger partial charge in [0.2, 0.25) is 0 Å². The van der Waals surface area contributed by atoms with E-state index in [-0.39, 0.29) is 17.5 Å². The first-order chi connectivity index (χ1) is 18.5. The van der Waals surface area contributed by atoms with Crippen molar-refractivity contribution in [3.05, 3.63) is 72.8 Å². The van der Waals surface area contributed by atoms with Crippen molar-refractivity contribution in [1.82, 2.24) is 0 Å². The SMILES string of the molecule is COc1cccc([S+](c2ccc(OCC(=O)OC(C)(C)C)cc2)c2cccc(OC)c2)c1.O=S(=O)([O-])C(F)(F)F. The van der Waals surface area contributed by atoms with E-state index >= 15 is 0 Å². The molecule has 0 radical (unpaired) electrons. The highest BCUT2D eigenvalue weighted by atomic mass is 32.2. The molecule has 3 aromatic rings. The second-order valence-corrected chi connectivity index (χ2v) is 12.3. The van der Waals surface area contributed by atoms with Crippen molar-refractivity contribution < 1.29 is 49.9 Å². The molecule has 0 heterocycles. The maximum absolute atomic E-state index is 11.9. The zero-order valence-corrected chi connectivity index (χ0v) is 24.0. The molecule has 0 saturated carbocycles. The molecule has 3 rings (SSSR count). The van der Waals surface area contributed by atoms with E-state index < -0.39 is 27.2 Å². The van der Waals surface area contributed by atoms with E-state index in [1.165, 1.54) is 0 Å². The molecule has 13 heteroatoms. The van der Waals surface area contributed by atoms with Crippen LogP contribution in [0.4, 0.5) is 13.2 Å². The van der Waals surface area contributed by atoms with Gasteiger partial charge in [-0.25, -0.2) is 13.2 Å². The van der Waals surface area contributed by atoms with E-state index in [9.17, 15) is 18.0 Å². The quantitative estimate of drug-likeness (QED) is 0.142. The fourth-order valence-electron chi connectivity index (χ4n) is 3.05. The van der Waals surface area contributed by atoms with Crippen LogP contribution in [-0.2, 0) is 30.5 Å². The molecule has 0 N–H and O–H groups in total. The first-order valence-corrected chi connectivity index (χ1v) is 14.2. The van der Waals surface area contributed by atoms with Crippen molar-refractivity contribution in [2.24, 2.45) is 0 Å². The molecule has 218 valence electrons. The van der Waals surface area contributed by atoms with Gasteiger partial charge in [-0.2, -0.15) is 13.2 Å². The number of ether oxygens (including phenoxy) is 4. The normalized spacial score (nSPS) is 11.8. The third-order valence-electron chi connectivity index (χ3n) is 4.67. The lowest BCUT2D eigenvalue weighted by atomic mass is 10.2. The first kappa shape index (κ1) is 32.8. The second kappa shape index (κ2) is 13.8. The summed E-state index contributed by atoms with van der Waals surface area (Å²) in [6.45, 7) is 5.36. The number of carbonyl (C=O) groups is 1. The summed E-state index contributed by atoms with van der Waals surface area (Å²) >= 11 is 0. The van der Waals surface area contributed by atoms with Crippen molar-refractivity contribution in [3.8, 4) is 17.2 Å². The number of halogens is 3. The lowest BCUT2D eigenvalue weighted by Gasteiger charge is -2.19. The molecule has 0 aliphatic rings. The van der Waals surface area contributed by atoms with Crippen LogP contribution in [0.5, 0.6) is 17.2 Å². The molecule has 0 saturated heterocycles. The minimum Gasteiger partial charge on any atom is -0.741 e. The Morgan fingerprint density at radius 2 is 1.25 bits per heavy atom. The van der Waals surface area contributed by atoms with E-state index in [0.717, 1.165) is 26.2 Å². The Morgan fingerprint density at radius 3 is 1.62 bits per heavy atom. The number of alkyl halides is 3. The summed E-state index contributed by atoms with van der Waals surface area (Å²) in [5.74, 6) is 1.83. The molecule has 0 aromatic heterocycles. The van der Waals surface area contributed by atoms with Crippen molar-refractivity contribution in [1.29, 1.82) is 0 Å². The topological polar surface area (TPSA) is 111 Å². The van der Waals surface area contributed by atoms with Crippen LogP contribution in [0.25, 0.3) is 0 Å². The maximum Gasteiger partial charge on any atom is 0.485 e. The molecule has 0 spiro atoms. The number of esters is 1. The maximum atomic E-state index is 11.9. The predicted octanol–water partition coefficient (Wildman–Crippen LogP) is 5.57. The Labute approximate surface area is 234 Å². The van der Waals surface area contributed by atoms with E-state index in [1.54, 1.807) is 14.2 Å². The molecule has 40 heavy (non-hydrogen) atoms. The van der Waals surface area contributed by atoms with E-state index in [2.05, 4.69) is 24.3 Å². The van der Waals surface area contributed by atoms with Gasteiger partial charge in [-0.3, -0.25) is 0 Å². The average Bonchev–Trinajstić information content (AvgIpc) is 2.87. The van der Waals surface area contributed by atoms with Gasteiger partial charge < -0.3 is 23.5 Å². The lowest BCUT2D eigenvalue weighted by molar-refractivity contribution is -0.157. The predicted molar refractivity (Wildman–Crippen MR) is 142 cm³/mol. The van der Waals surface area contributed by atoms with Gasteiger partial charge >= 0.3 is 11.5 Å². The Bertz CT molecular complexity index is 1320. The monoisotopic (exact) mass is 602 g/mol. The van der Waals surface area contributed by atoms with Crippen LogP contribution < -0.4 is 14.2 Å². The van der Waals surface area contributed by atoms with Gasteiger partial charge in [0.1, 0.15) is 22.8 Å². The number of methoxy groups -OCH3 is 2. The van der Waals surface area contributed by atoms with Crippen molar-refractivity contribution in [3.63, 3.8) is 0 Å². The van der Waals surface area contributed by atoms with Gasteiger partial charge in [-0.05, 0) is 69.3 Å². The highest BCUT2D eigenvalue weighted by molar-refractivity contribution is 7.97. The van der Waals surface area contributed by atoms with Crippen LogP contribution in [0.2, 0.25) is 0 Å². The number of hydrogen-bond donors (Lipinski definition) is 0. The highest BCUT2D eigenvalue weighted by Crippen LogP contribution is 2.35. The second-order valence-electron chi connectivity index (χ2n) is 8.91.